The summed E-state index contributed by atoms with van der Waals surface area (Å²) in [7, 11) is 1.76. The van der Waals surface area contributed by atoms with E-state index in [4.69, 9.17) is 14.2 Å². The minimum atomic E-state index is -0.716. The Kier molecular flexibility index (Phi) is 8.16. The number of carbonyl (C=O) groups is 2. The van der Waals surface area contributed by atoms with Crippen molar-refractivity contribution < 1.29 is 32.6 Å². The molecule has 0 bridgehead atoms. The molecule has 0 atom stereocenters. The van der Waals surface area contributed by atoms with Gasteiger partial charge in [0.05, 0.1) is 19.4 Å². The van der Waals surface area contributed by atoms with Gasteiger partial charge in [0.25, 0.3) is 5.91 Å². The smallest absolute Gasteiger partial charge is 0.342 e. The molecule has 1 amide bonds. The van der Waals surface area contributed by atoms with Crippen molar-refractivity contribution in [2.75, 3.05) is 26.3 Å². The molecule has 0 unspecified atom stereocenters. The van der Waals surface area contributed by atoms with E-state index < -0.39 is 11.8 Å². The molecule has 206 valence electrons. The number of benzene rings is 3. The van der Waals surface area contributed by atoms with Gasteiger partial charge >= 0.3 is 5.97 Å². The van der Waals surface area contributed by atoms with Crippen molar-refractivity contribution in [2.45, 2.75) is 13.2 Å². The number of hydrogen-bond donors (Lipinski definition) is 0. The highest BCUT2D eigenvalue weighted by Gasteiger charge is 2.27. The Hall–Kier alpha value is -4.57. The lowest BCUT2D eigenvalue weighted by Gasteiger charge is -2.28. The molecule has 4 aromatic rings. The number of carbonyl (C=O) groups excluding carboxylic acids is 2. The molecule has 1 saturated heterocycles. The molecule has 0 aliphatic carbocycles. The van der Waals surface area contributed by atoms with Crippen molar-refractivity contribution in [3.8, 4) is 16.9 Å². The Balaban J connectivity index is 1.53. The number of amides is 1. The predicted molar refractivity (Wildman–Crippen MR) is 142 cm³/mol. The van der Waals surface area contributed by atoms with Gasteiger partial charge in [0, 0.05) is 43.0 Å². The molecule has 8 nitrogen and oxygen atoms in total. The van der Waals surface area contributed by atoms with Gasteiger partial charge in [0.2, 0.25) is 0 Å². The topological polar surface area (TPSA) is 82.9 Å². The van der Waals surface area contributed by atoms with Crippen molar-refractivity contribution in [1.29, 1.82) is 0 Å². The largest absolute Gasteiger partial charge is 0.488 e. The SMILES string of the molecule is Cn1cc(-c2cc(OCc3ccc(F)cc3)c(C(=O)OCc3ccc(F)cc3)cc2C(=O)N2CCOCC2)cn1. The number of morpholine rings is 1. The maximum Gasteiger partial charge on any atom is 0.342 e. The van der Waals surface area contributed by atoms with Gasteiger partial charge in [0.1, 0.15) is 36.2 Å². The summed E-state index contributed by atoms with van der Waals surface area (Å²) in [6, 6.07) is 14.5. The third-order valence-electron chi connectivity index (χ3n) is 6.48. The number of ether oxygens (including phenoxy) is 3. The molecule has 1 aliphatic rings. The number of nitrogens with zero attached hydrogens (tertiary/aromatic N) is 3. The monoisotopic (exact) mass is 547 g/mol. The third-order valence-corrected chi connectivity index (χ3v) is 6.48. The quantitative estimate of drug-likeness (QED) is 0.296. The van der Waals surface area contributed by atoms with Crippen LogP contribution in [0.1, 0.15) is 31.8 Å². The minimum Gasteiger partial charge on any atom is -0.488 e. The van der Waals surface area contributed by atoms with Crippen molar-refractivity contribution in [1.82, 2.24) is 14.7 Å². The molecule has 5 rings (SSSR count). The molecule has 0 spiro atoms. The van der Waals surface area contributed by atoms with Gasteiger partial charge in [-0.05, 0) is 47.5 Å². The molecule has 0 radical (unpaired) electrons. The molecular formula is C30H27F2N3O5. The summed E-state index contributed by atoms with van der Waals surface area (Å²) in [5.41, 5.74) is 2.82. The van der Waals surface area contributed by atoms with E-state index in [-0.39, 0.29) is 41.8 Å². The van der Waals surface area contributed by atoms with Crippen LogP contribution in [-0.4, -0.2) is 52.9 Å². The number of aryl methyl sites for hydroxylation is 1. The summed E-state index contributed by atoms with van der Waals surface area (Å²) in [6.45, 7) is 1.60. The molecule has 0 saturated carbocycles. The Labute approximate surface area is 229 Å². The van der Waals surface area contributed by atoms with E-state index in [1.165, 1.54) is 42.5 Å². The van der Waals surface area contributed by atoms with Crippen molar-refractivity contribution in [2.24, 2.45) is 7.05 Å². The second-order valence-corrected chi connectivity index (χ2v) is 9.32. The molecule has 1 aliphatic heterocycles. The normalized spacial score (nSPS) is 13.2. The number of rotatable bonds is 8. The molecule has 0 N–H and O–H groups in total. The number of esters is 1. The van der Waals surface area contributed by atoms with Crippen molar-refractivity contribution in [3.63, 3.8) is 0 Å². The highest BCUT2D eigenvalue weighted by Crippen LogP contribution is 2.33. The average Bonchev–Trinajstić information content (AvgIpc) is 3.42. The average molecular weight is 548 g/mol. The van der Waals surface area contributed by atoms with E-state index in [0.717, 1.165) is 0 Å². The zero-order valence-corrected chi connectivity index (χ0v) is 21.8. The van der Waals surface area contributed by atoms with Crippen LogP contribution in [0.3, 0.4) is 0 Å². The first-order valence-corrected chi connectivity index (χ1v) is 12.7. The maximum atomic E-state index is 13.7. The highest BCUT2D eigenvalue weighted by molar-refractivity contribution is 6.05. The first kappa shape index (κ1) is 27.0. The van der Waals surface area contributed by atoms with Crippen LogP contribution in [0.15, 0.2) is 73.1 Å². The lowest BCUT2D eigenvalue weighted by molar-refractivity contribution is 0.0303. The van der Waals surface area contributed by atoms with Gasteiger partial charge in [-0.2, -0.15) is 5.10 Å². The van der Waals surface area contributed by atoms with E-state index in [1.54, 1.807) is 47.2 Å². The first-order chi connectivity index (χ1) is 19.4. The fraction of sp³-hybridized carbons (Fsp3) is 0.233. The number of aromatic nitrogens is 2. The zero-order valence-electron chi connectivity index (χ0n) is 21.8. The second kappa shape index (κ2) is 12.1. The number of halogens is 2. The van der Waals surface area contributed by atoms with Crippen LogP contribution in [0.2, 0.25) is 0 Å². The molecule has 40 heavy (non-hydrogen) atoms. The van der Waals surface area contributed by atoms with Crippen LogP contribution in [0.5, 0.6) is 5.75 Å². The third kappa shape index (κ3) is 6.35. The molecule has 2 heterocycles. The van der Waals surface area contributed by atoms with Gasteiger partial charge in [-0.25, -0.2) is 13.6 Å². The summed E-state index contributed by atoms with van der Waals surface area (Å²) in [4.78, 5) is 28.7. The van der Waals surface area contributed by atoms with Crippen LogP contribution >= 0.6 is 0 Å². The molecule has 1 fully saturated rings. The van der Waals surface area contributed by atoms with E-state index in [1.807, 2.05) is 0 Å². The maximum absolute atomic E-state index is 13.7. The van der Waals surface area contributed by atoms with E-state index in [0.29, 0.717) is 48.6 Å². The van der Waals surface area contributed by atoms with Gasteiger partial charge < -0.3 is 19.1 Å². The standard InChI is InChI=1S/C30H27F2N3O5/c1-34-17-22(16-33-34)25-15-28(39-18-20-2-6-23(31)7-3-20)27(14-26(25)29(36)35-10-12-38-13-11-35)30(37)40-19-21-4-8-24(32)9-5-21/h2-9,14-17H,10-13,18-19H2,1H3. The second-order valence-electron chi connectivity index (χ2n) is 9.32. The summed E-state index contributed by atoms with van der Waals surface area (Å²) >= 11 is 0. The minimum absolute atomic E-state index is 0.0434. The molecule has 1 aromatic heterocycles. The fourth-order valence-electron chi connectivity index (χ4n) is 4.32. The molecule has 3 aromatic carbocycles. The Morgan fingerprint density at radius 1 is 0.900 bits per heavy atom. The highest BCUT2D eigenvalue weighted by atomic mass is 19.1. The van der Waals surface area contributed by atoms with Gasteiger partial charge in [-0.3, -0.25) is 9.48 Å². The van der Waals surface area contributed by atoms with Crippen LogP contribution in [0, 0.1) is 11.6 Å². The van der Waals surface area contributed by atoms with Gasteiger partial charge in [0.15, 0.2) is 0 Å². The van der Waals surface area contributed by atoms with Crippen molar-refractivity contribution >= 4 is 11.9 Å². The summed E-state index contributed by atoms with van der Waals surface area (Å²) in [5.74, 6) is -1.57. The fourth-order valence-corrected chi connectivity index (χ4v) is 4.32. The van der Waals surface area contributed by atoms with Crippen molar-refractivity contribution in [3.05, 3.63) is 107 Å². The van der Waals surface area contributed by atoms with Gasteiger partial charge in [-0.1, -0.05) is 24.3 Å². The Morgan fingerprint density at radius 2 is 1.52 bits per heavy atom. The molecular weight excluding hydrogens is 520 g/mol. The van der Waals surface area contributed by atoms with E-state index >= 15 is 0 Å². The van der Waals surface area contributed by atoms with Crippen LogP contribution in [0.4, 0.5) is 8.78 Å². The lowest BCUT2D eigenvalue weighted by Crippen LogP contribution is -2.41. The number of hydrogen-bond acceptors (Lipinski definition) is 6. The van der Waals surface area contributed by atoms with E-state index in [2.05, 4.69) is 5.10 Å². The zero-order chi connectivity index (χ0) is 28.1. The Bertz CT molecular complexity index is 1500. The molecule has 10 heteroatoms. The van der Waals surface area contributed by atoms with Crippen LogP contribution < -0.4 is 4.74 Å². The first-order valence-electron chi connectivity index (χ1n) is 12.7. The summed E-state index contributed by atoms with van der Waals surface area (Å²) in [6.07, 6.45) is 3.39. The summed E-state index contributed by atoms with van der Waals surface area (Å²) < 4.78 is 45.3. The van der Waals surface area contributed by atoms with Crippen LogP contribution in [0.25, 0.3) is 11.1 Å². The summed E-state index contributed by atoms with van der Waals surface area (Å²) in [5, 5.41) is 4.24. The van der Waals surface area contributed by atoms with Gasteiger partial charge in [-0.15, -0.1) is 0 Å². The van der Waals surface area contributed by atoms with Crippen LogP contribution in [-0.2, 0) is 29.7 Å². The Morgan fingerprint density at radius 3 is 2.12 bits per heavy atom. The van der Waals surface area contributed by atoms with E-state index in [9.17, 15) is 18.4 Å². The lowest BCUT2D eigenvalue weighted by atomic mass is 9.97. The predicted octanol–water partition coefficient (Wildman–Crippen LogP) is 4.77.